The molecule has 1 aromatic heterocycles. The van der Waals surface area contributed by atoms with Gasteiger partial charge in [-0.15, -0.1) is 0 Å². The van der Waals surface area contributed by atoms with Crippen molar-refractivity contribution in [2.24, 2.45) is 5.92 Å². The highest BCUT2D eigenvalue weighted by atomic mass is 16.3. The Labute approximate surface area is 143 Å². The summed E-state index contributed by atoms with van der Waals surface area (Å²) in [7, 11) is 1.88. The van der Waals surface area contributed by atoms with E-state index in [0.717, 1.165) is 63.1 Å². The van der Waals surface area contributed by atoms with E-state index in [-0.39, 0.29) is 24.7 Å². The first-order valence-electron chi connectivity index (χ1n) is 9.20. The van der Waals surface area contributed by atoms with Crippen molar-refractivity contribution in [3.8, 4) is 0 Å². The molecule has 0 aromatic carbocycles. The lowest BCUT2D eigenvalue weighted by Crippen LogP contribution is -2.47. The van der Waals surface area contributed by atoms with Crippen LogP contribution in [0.5, 0.6) is 0 Å². The zero-order valence-corrected chi connectivity index (χ0v) is 14.7. The number of nitrogens with zero attached hydrogens (tertiary/aromatic N) is 4. The minimum atomic E-state index is -0.0460. The molecule has 2 amide bonds. The second-order valence-corrected chi connectivity index (χ2v) is 7.08. The molecule has 0 radical (unpaired) electrons. The number of aryl methyl sites for hydroxylation is 2. The number of amides is 2. The van der Waals surface area contributed by atoms with Crippen LogP contribution in [-0.2, 0) is 13.0 Å². The Hall–Kier alpha value is -1.63. The predicted molar refractivity (Wildman–Crippen MR) is 90.5 cm³/mol. The average molecular weight is 335 g/mol. The highest BCUT2D eigenvalue weighted by Gasteiger charge is 2.30. The first kappa shape index (κ1) is 17.2. The smallest absolute Gasteiger partial charge is 0.317 e. The first-order chi connectivity index (χ1) is 11.6. The van der Waals surface area contributed by atoms with Gasteiger partial charge in [-0.1, -0.05) is 6.92 Å². The highest BCUT2D eigenvalue weighted by Crippen LogP contribution is 2.28. The van der Waals surface area contributed by atoms with E-state index >= 15 is 0 Å². The van der Waals surface area contributed by atoms with Gasteiger partial charge in [-0.3, -0.25) is 0 Å². The first-order valence-corrected chi connectivity index (χ1v) is 9.20. The summed E-state index contributed by atoms with van der Waals surface area (Å²) in [4.78, 5) is 19.1. The van der Waals surface area contributed by atoms with Crippen molar-refractivity contribution >= 4 is 6.03 Å². The average Bonchev–Trinajstić information content (AvgIpc) is 3.05. The molecular weight excluding hydrogens is 306 g/mol. The van der Waals surface area contributed by atoms with Crippen LogP contribution in [0.25, 0.3) is 0 Å². The van der Waals surface area contributed by atoms with Gasteiger partial charge in [-0.05, 0) is 44.4 Å². The SMILES string of the molecule is CCc1nc2n(n1)CCCC2NC(=O)N(C)C1CCC(CO)CC1. The minimum Gasteiger partial charge on any atom is -0.396 e. The highest BCUT2D eigenvalue weighted by molar-refractivity contribution is 5.74. The lowest BCUT2D eigenvalue weighted by molar-refractivity contribution is 0.131. The quantitative estimate of drug-likeness (QED) is 0.880. The summed E-state index contributed by atoms with van der Waals surface area (Å²) in [6, 6.07) is 0.192. The standard InChI is InChI=1S/C17H29N5O2/c1-3-15-19-16-14(5-4-10-22(16)20-15)18-17(24)21(2)13-8-6-12(11-23)7-9-13/h12-14,23H,3-11H2,1-2H3,(H,18,24). The van der Waals surface area contributed by atoms with Crippen molar-refractivity contribution in [3.63, 3.8) is 0 Å². The van der Waals surface area contributed by atoms with Crippen molar-refractivity contribution in [2.45, 2.75) is 70.5 Å². The van der Waals surface area contributed by atoms with Gasteiger partial charge in [-0.25, -0.2) is 14.5 Å². The van der Waals surface area contributed by atoms with Crippen LogP contribution < -0.4 is 5.32 Å². The van der Waals surface area contributed by atoms with Crippen molar-refractivity contribution in [1.82, 2.24) is 25.0 Å². The number of urea groups is 1. The van der Waals surface area contributed by atoms with E-state index in [4.69, 9.17) is 0 Å². The van der Waals surface area contributed by atoms with Gasteiger partial charge in [0.25, 0.3) is 0 Å². The molecule has 1 saturated carbocycles. The van der Waals surface area contributed by atoms with E-state index in [1.165, 1.54) is 0 Å². The number of rotatable bonds is 4. The molecule has 1 fully saturated rings. The van der Waals surface area contributed by atoms with E-state index in [2.05, 4.69) is 15.4 Å². The molecular formula is C17H29N5O2. The van der Waals surface area contributed by atoms with Gasteiger partial charge in [0.2, 0.25) is 0 Å². The third kappa shape index (κ3) is 3.55. The summed E-state index contributed by atoms with van der Waals surface area (Å²) in [5.74, 6) is 2.15. The van der Waals surface area contributed by atoms with Crippen LogP contribution in [-0.4, -0.2) is 50.5 Å². The molecule has 1 aromatic rings. The van der Waals surface area contributed by atoms with E-state index in [1.54, 1.807) is 0 Å². The summed E-state index contributed by atoms with van der Waals surface area (Å²) in [5, 5.41) is 16.9. The van der Waals surface area contributed by atoms with Crippen LogP contribution in [0.2, 0.25) is 0 Å². The molecule has 2 N–H and O–H groups in total. The summed E-state index contributed by atoms with van der Waals surface area (Å²) in [6.07, 6.45) is 6.67. The molecule has 24 heavy (non-hydrogen) atoms. The maximum Gasteiger partial charge on any atom is 0.317 e. The number of carbonyl (C=O) groups excluding carboxylic acids is 1. The number of hydrogen-bond acceptors (Lipinski definition) is 4. The van der Waals surface area contributed by atoms with Gasteiger partial charge in [-0.2, -0.15) is 5.10 Å². The maximum absolute atomic E-state index is 12.7. The monoisotopic (exact) mass is 335 g/mol. The fraction of sp³-hybridized carbons (Fsp3) is 0.824. The topological polar surface area (TPSA) is 83.3 Å². The normalized spacial score (nSPS) is 26.7. The Kier molecular flexibility index (Phi) is 5.38. The van der Waals surface area contributed by atoms with E-state index < -0.39 is 0 Å². The lowest BCUT2D eigenvalue weighted by Gasteiger charge is -2.35. The largest absolute Gasteiger partial charge is 0.396 e. The molecule has 2 aliphatic rings. The molecule has 2 heterocycles. The van der Waals surface area contributed by atoms with Gasteiger partial charge in [0.1, 0.15) is 5.82 Å². The number of carbonyl (C=O) groups is 1. The van der Waals surface area contributed by atoms with Crippen molar-refractivity contribution < 1.29 is 9.90 Å². The third-order valence-corrected chi connectivity index (χ3v) is 5.48. The number of aromatic nitrogens is 3. The molecule has 0 saturated heterocycles. The Morgan fingerprint density at radius 1 is 1.33 bits per heavy atom. The zero-order chi connectivity index (χ0) is 17.1. The fourth-order valence-electron chi connectivity index (χ4n) is 3.82. The van der Waals surface area contributed by atoms with E-state index in [9.17, 15) is 9.90 Å². The molecule has 7 heteroatoms. The van der Waals surface area contributed by atoms with Gasteiger partial charge in [0, 0.05) is 32.7 Å². The molecule has 0 spiro atoms. The van der Waals surface area contributed by atoms with Crippen molar-refractivity contribution in [3.05, 3.63) is 11.6 Å². The van der Waals surface area contributed by atoms with Crippen LogP contribution in [0.1, 0.15) is 63.1 Å². The summed E-state index contributed by atoms with van der Waals surface area (Å²) < 4.78 is 1.94. The van der Waals surface area contributed by atoms with Crippen molar-refractivity contribution in [2.75, 3.05) is 13.7 Å². The number of aliphatic hydroxyl groups excluding tert-OH is 1. The molecule has 134 valence electrons. The van der Waals surface area contributed by atoms with Gasteiger partial charge < -0.3 is 15.3 Å². The van der Waals surface area contributed by atoms with Crippen molar-refractivity contribution in [1.29, 1.82) is 0 Å². The van der Waals surface area contributed by atoms with Crippen LogP contribution in [0.3, 0.4) is 0 Å². The predicted octanol–water partition coefficient (Wildman–Crippen LogP) is 1.87. The molecule has 0 bridgehead atoms. The number of nitrogens with one attached hydrogen (secondary N) is 1. The van der Waals surface area contributed by atoms with Crippen LogP contribution >= 0.6 is 0 Å². The number of hydrogen-bond donors (Lipinski definition) is 2. The van der Waals surface area contributed by atoms with E-state index in [0.29, 0.717) is 5.92 Å². The van der Waals surface area contributed by atoms with Gasteiger partial charge >= 0.3 is 6.03 Å². The number of aliphatic hydroxyl groups is 1. The molecule has 1 aliphatic carbocycles. The molecule has 1 atom stereocenters. The fourth-order valence-corrected chi connectivity index (χ4v) is 3.82. The second kappa shape index (κ2) is 7.51. The zero-order valence-electron chi connectivity index (χ0n) is 14.7. The molecule has 1 unspecified atom stereocenters. The Balaban J connectivity index is 1.60. The summed E-state index contributed by atoms with van der Waals surface area (Å²) >= 11 is 0. The Morgan fingerprint density at radius 2 is 2.08 bits per heavy atom. The molecule has 7 nitrogen and oxygen atoms in total. The van der Waals surface area contributed by atoms with E-state index in [1.807, 2.05) is 23.6 Å². The Bertz CT molecular complexity index is 565. The minimum absolute atomic E-state index is 0.0260. The third-order valence-electron chi connectivity index (χ3n) is 5.48. The van der Waals surface area contributed by atoms with Crippen LogP contribution in [0.4, 0.5) is 4.79 Å². The summed E-state index contributed by atoms with van der Waals surface area (Å²) in [6.45, 7) is 3.20. The molecule has 3 rings (SSSR count). The van der Waals surface area contributed by atoms with Gasteiger partial charge in [0.05, 0.1) is 6.04 Å². The second-order valence-electron chi connectivity index (χ2n) is 7.08. The summed E-state index contributed by atoms with van der Waals surface area (Å²) in [5.41, 5.74) is 0. The Morgan fingerprint density at radius 3 is 2.75 bits per heavy atom. The van der Waals surface area contributed by atoms with Gasteiger partial charge in [0.15, 0.2) is 5.82 Å². The lowest BCUT2D eigenvalue weighted by atomic mass is 9.86. The molecule has 1 aliphatic heterocycles. The maximum atomic E-state index is 12.7. The van der Waals surface area contributed by atoms with Crippen LogP contribution in [0, 0.1) is 5.92 Å². The number of fused-ring (bicyclic) bond motifs is 1. The van der Waals surface area contributed by atoms with Crippen LogP contribution in [0.15, 0.2) is 0 Å².